The van der Waals surface area contributed by atoms with Crippen LogP contribution in [0.1, 0.15) is 85.9 Å². The Labute approximate surface area is 598 Å². The van der Waals surface area contributed by atoms with Gasteiger partial charge in [-0.1, -0.05) is 194 Å². The zero-order valence-corrected chi connectivity index (χ0v) is 56.2. The fourth-order valence-electron chi connectivity index (χ4n) is 10.3. The topological polar surface area (TPSA) is 288 Å². The Morgan fingerprint density at radius 3 is 0.808 bits per heavy atom. The van der Waals surface area contributed by atoms with Gasteiger partial charge in [0.15, 0.2) is 69.0 Å². The number of anilines is 2. The molecule has 0 saturated heterocycles. The van der Waals surface area contributed by atoms with Gasteiger partial charge >= 0.3 is 11.9 Å². The van der Waals surface area contributed by atoms with Gasteiger partial charge < -0.3 is 79.2 Å². The molecule has 20 nitrogen and oxygen atoms in total. The summed E-state index contributed by atoms with van der Waals surface area (Å²) >= 11 is 0. The van der Waals surface area contributed by atoms with E-state index < -0.39 is 58.3 Å². The smallest absolute Gasteiger partial charge is 0.343 e. The monoisotopic (exact) mass is 1390 g/mol. The molecule has 524 valence electrons. The minimum absolute atomic E-state index is 0.0585. The normalized spacial score (nSPS) is 10.6. The van der Waals surface area contributed by atoms with E-state index in [9.17, 15) is 49.8 Å². The van der Waals surface area contributed by atoms with Crippen molar-refractivity contribution in [3.8, 4) is 80.5 Å². The van der Waals surface area contributed by atoms with Crippen LogP contribution in [0.3, 0.4) is 0 Å². The van der Waals surface area contributed by atoms with Gasteiger partial charge in [-0.15, -0.1) is 0 Å². The Hall–Kier alpha value is -13.9. The van der Waals surface area contributed by atoms with Gasteiger partial charge in [-0.2, -0.15) is 0 Å². The number of ether oxygens (including phenoxy) is 8. The molecule has 0 atom stereocenters. The summed E-state index contributed by atoms with van der Waals surface area (Å²) in [6.45, 7) is 4.77. The Balaban J connectivity index is 0.000000291. The van der Waals surface area contributed by atoms with Gasteiger partial charge in [0, 0.05) is 11.1 Å². The number of phenolic OH excluding ortho intramolecular Hbond substituents is 6. The molecule has 104 heavy (non-hydrogen) atoms. The fraction of sp³-hybridized carbons (Fsp3) is 0.0952. The predicted octanol–water partition coefficient (Wildman–Crippen LogP) is 16.6. The summed E-state index contributed by atoms with van der Waals surface area (Å²) in [4.78, 5) is 54.0. The highest BCUT2D eigenvalue weighted by Crippen LogP contribution is 2.44. The molecule has 12 aromatic rings. The molecule has 0 fully saturated rings. The van der Waals surface area contributed by atoms with Crippen molar-refractivity contribution in [2.45, 2.75) is 53.5 Å². The average molecular weight is 1400 g/mol. The lowest BCUT2D eigenvalue weighted by atomic mass is 10.1. The van der Waals surface area contributed by atoms with Crippen LogP contribution in [0.25, 0.3) is 0 Å². The van der Waals surface area contributed by atoms with Crippen LogP contribution >= 0.6 is 0 Å². The average Bonchev–Trinajstić information content (AvgIpc) is 0.866. The third-order valence-corrected chi connectivity index (χ3v) is 15.8. The standard InChI is InChI=1S/C63H53NO9.C21H17NO9/c1-45-32-33-54(64-62(65)52-35-56(67-39-46-20-8-2-9-21-46)60(71-43-50-28-16-6-17-29-50)57(36-52)68-40-47-22-10-3-11-23-47)55(34-45)73-63(66)53-37-58(69-41-48-24-12-4-13-25-48)61(72-44-51-30-18-7-19-31-51)59(38-53)70-42-49-26-14-5-15-27-49;1-9-2-3-12(22-20(29)10-5-13(23)18(27)14(24)6-10)17(4-9)31-21(30)11-7-15(25)19(28)16(26)8-11/h2-38H,39-44H2,1H3,(H,64,65);2-8,23-28H,1H3,(H,22,29). The summed E-state index contributed by atoms with van der Waals surface area (Å²) in [5.41, 5.74) is 7.20. The Morgan fingerprint density at radius 2 is 0.519 bits per heavy atom. The summed E-state index contributed by atoms with van der Waals surface area (Å²) < 4.78 is 50.2. The van der Waals surface area contributed by atoms with Gasteiger partial charge in [-0.3, -0.25) is 9.59 Å². The predicted molar refractivity (Wildman–Crippen MR) is 389 cm³/mol. The van der Waals surface area contributed by atoms with Gasteiger partial charge in [0.2, 0.25) is 11.5 Å². The maximum atomic E-state index is 14.6. The molecule has 0 aliphatic heterocycles. The first-order chi connectivity index (χ1) is 50.5. The number of benzene rings is 12. The van der Waals surface area contributed by atoms with Crippen LogP contribution in [0.15, 0.2) is 267 Å². The van der Waals surface area contributed by atoms with Crippen LogP contribution < -0.4 is 48.5 Å². The minimum atomic E-state index is -0.994. The molecule has 12 rings (SSSR count). The van der Waals surface area contributed by atoms with Crippen LogP contribution in [0.4, 0.5) is 11.4 Å². The lowest BCUT2D eigenvalue weighted by Crippen LogP contribution is -2.16. The molecular weight excluding hydrogens is 1320 g/mol. The highest BCUT2D eigenvalue weighted by Gasteiger charge is 2.26. The first kappa shape index (κ1) is 71.4. The number of hydrogen-bond donors (Lipinski definition) is 8. The highest BCUT2D eigenvalue weighted by atomic mass is 16.6. The first-order valence-corrected chi connectivity index (χ1v) is 32.6. The molecule has 8 N–H and O–H groups in total. The number of hydrogen-bond acceptors (Lipinski definition) is 18. The summed E-state index contributed by atoms with van der Waals surface area (Å²) in [5, 5.41) is 62.5. The number of carbonyl (C=O) groups excluding carboxylic acids is 4. The van der Waals surface area contributed by atoms with E-state index in [1.54, 1.807) is 49.4 Å². The number of amides is 2. The molecule has 0 bridgehead atoms. The van der Waals surface area contributed by atoms with Crippen LogP contribution in [0, 0.1) is 13.8 Å². The number of esters is 2. The van der Waals surface area contributed by atoms with Crippen molar-refractivity contribution < 1.29 is 87.7 Å². The number of phenols is 6. The molecule has 0 unspecified atom stereocenters. The summed E-state index contributed by atoms with van der Waals surface area (Å²) in [7, 11) is 0. The first-order valence-electron chi connectivity index (χ1n) is 32.6. The maximum Gasteiger partial charge on any atom is 0.343 e. The molecule has 0 aliphatic rings. The highest BCUT2D eigenvalue weighted by molar-refractivity contribution is 6.07. The van der Waals surface area contributed by atoms with Crippen molar-refractivity contribution in [2.24, 2.45) is 0 Å². The van der Waals surface area contributed by atoms with Crippen LogP contribution in [0.5, 0.6) is 80.5 Å². The number of aromatic hydroxyl groups is 6. The molecule has 0 aromatic heterocycles. The van der Waals surface area contributed by atoms with E-state index in [0.717, 1.165) is 63.2 Å². The molecule has 0 radical (unpaired) electrons. The van der Waals surface area contributed by atoms with Gasteiger partial charge in [0.25, 0.3) is 11.8 Å². The quantitative estimate of drug-likeness (QED) is 0.0142. The van der Waals surface area contributed by atoms with Crippen LogP contribution in [-0.2, 0) is 39.6 Å². The maximum absolute atomic E-state index is 14.6. The van der Waals surface area contributed by atoms with Gasteiger partial charge in [0.1, 0.15) is 39.6 Å². The molecular formula is C84H70N2O18. The Morgan fingerprint density at radius 1 is 0.279 bits per heavy atom. The van der Waals surface area contributed by atoms with E-state index in [1.165, 1.54) is 12.1 Å². The molecule has 0 heterocycles. The van der Waals surface area contributed by atoms with E-state index >= 15 is 0 Å². The number of aryl methyl sites for hydroxylation is 2. The number of carbonyl (C=O) groups is 4. The van der Waals surface area contributed by atoms with Crippen molar-refractivity contribution >= 4 is 35.1 Å². The second-order valence-electron chi connectivity index (χ2n) is 23.7. The molecule has 12 aromatic carbocycles. The lowest BCUT2D eigenvalue weighted by Gasteiger charge is -2.20. The molecule has 2 amide bonds. The number of nitrogens with one attached hydrogen (secondary N) is 2. The van der Waals surface area contributed by atoms with Crippen LogP contribution in [0.2, 0.25) is 0 Å². The second-order valence-corrected chi connectivity index (χ2v) is 23.7. The van der Waals surface area contributed by atoms with Gasteiger partial charge in [-0.25, -0.2) is 9.59 Å². The zero-order chi connectivity index (χ0) is 72.9. The van der Waals surface area contributed by atoms with Crippen molar-refractivity contribution in [3.05, 3.63) is 334 Å². The largest absolute Gasteiger partial charge is 0.504 e. The van der Waals surface area contributed by atoms with Crippen molar-refractivity contribution in [2.75, 3.05) is 10.6 Å². The van der Waals surface area contributed by atoms with Crippen LogP contribution in [-0.4, -0.2) is 54.4 Å². The summed E-state index contributed by atoms with van der Waals surface area (Å²) in [6, 6.07) is 78.2. The van der Waals surface area contributed by atoms with E-state index in [0.29, 0.717) is 28.6 Å². The van der Waals surface area contributed by atoms with Gasteiger partial charge in [0.05, 0.1) is 22.5 Å². The van der Waals surface area contributed by atoms with Gasteiger partial charge in [-0.05, 0) is 131 Å². The Kier molecular flexibility index (Phi) is 23.5. The molecule has 0 aliphatic carbocycles. The number of rotatable bonds is 26. The van der Waals surface area contributed by atoms with E-state index in [1.807, 2.05) is 195 Å². The summed E-state index contributed by atoms with van der Waals surface area (Å²) in [5.74, 6) is -5.56. The fourth-order valence-corrected chi connectivity index (χ4v) is 10.3. The third kappa shape index (κ3) is 19.3. The zero-order valence-electron chi connectivity index (χ0n) is 56.2. The second kappa shape index (κ2) is 34.3. The molecule has 0 saturated carbocycles. The van der Waals surface area contributed by atoms with E-state index in [-0.39, 0.29) is 96.3 Å². The van der Waals surface area contributed by atoms with Crippen molar-refractivity contribution in [1.82, 2.24) is 0 Å². The van der Waals surface area contributed by atoms with Crippen molar-refractivity contribution in [1.29, 1.82) is 0 Å². The minimum Gasteiger partial charge on any atom is -0.504 e. The lowest BCUT2D eigenvalue weighted by molar-refractivity contribution is 0.0725. The van der Waals surface area contributed by atoms with E-state index in [2.05, 4.69) is 10.6 Å². The Bertz CT molecular complexity index is 4790. The molecule has 20 heteroatoms. The van der Waals surface area contributed by atoms with E-state index in [4.69, 9.17) is 37.9 Å². The SMILES string of the molecule is Cc1ccc(NC(=O)c2cc(O)c(O)c(O)c2)c(OC(=O)c2cc(O)c(O)c(O)c2)c1.Cc1ccc(NC(=O)c2cc(OCc3ccccc3)c(OCc3ccccc3)c(OCc3ccccc3)c2)c(OC(=O)c2cc(OCc3ccccc3)c(OCc3ccccc3)c(OCc3ccccc3)c2)c1. The summed E-state index contributed by atoms with van der Waals surface area (Å²) in [6.07, 6.45) is 0. The molecule has 0 spiro atoms. The third-order valence-electron chi connectivity index (χ3n) is 15.8. The van der Waals surface area contributed by atoms with Crippen molar-refractivity contribution in [3.63, 3.8) is 0 Å².